The van der Waals surface area contributed by atoms with E-state index in [1.165, 1.54) is 6.20 Å². The molecule has 1 aromatic heterocycles. The van der Waals surface area contributed by atoms with Crippen LogP contribution in [0, 0.1) is 11.3 Å². The maximum Gasteiger partial charge on any atom is 0.339 e. The molecular formula is C17H11ClN4O2. The molecule has 0 atom stereocenters. The zero-order chi connectivity index (χ0) is 17.1. The number of hydrogen-bond acceptors (Lipinski definition) is 4. The van der Waals surface area contributed by atoms with E-state index < -0.39 is 6.03 Å². The van der Waals surface area contributed by atoms with Crippen LogP contribution in [0.1, 0.15) is 5.56 Å². The smallest absolute Gasteiger partial charge is 0.339 e. The van der Waals surface area contributed by atoms with Gasteiger partial charge in [0.2, 0.25) is 0 Å². The number of nitrogens with zero attached hydrogens (tertiary/aromatic N) is 3. The molecule has 1 heterocycles. The van der Waals surface area contributed by atoms with Crippen molar-refractivity contribution in [3.63, 3.8) is 0 Å². The largest absolute Gasteiger partial charge is 0.456 e. The molecule has 0 aliphatic rings. The fourth-order valence-corrected chi connectivity index (χ4v) is 2.33. The van der Waals surface area contributed by atoms with Gasteiger partial charge in [0.25, 0.3) is 0 Å². The van der Waals surface area contributed by atoms with Crippen LogP contribution in [-0.2, 0) is 0 Å². The molecule has 0 unspecified atom stereocenters. The number of nitrogens with two attached hydrogens (primary N) is 1. The van der Waals surface area contributed by atoms with E-state index in [-0.39, 0.29) is 5.56 Å². The Kier molecular flexibility index (Phi) is 4.18. The minimum absolute atomic E-state index is 0.281. The molecule has 6 nitrogen and oxygen atoms in total. The van der Waals surface area contributed by atoms with Crippen LogP contribution in [0.3, 0.4) is 0 Å². The second kappa shape index (κ2) is 6.44. The number of carbonyl (C=O) groups is 1. The number of carbonyl (C=O) groups excluding carboxylic acids is 1. The van der Waals surface area contributed by atoms with Crippen molar-refractivity contribution in [1.82, 2.24) is 9.78 Å². The average Bonchev–Trinajstić information content (AvgIpc) is 3.06. The molecule has 0 aliphatic carbocycles. The van der Waals surface area contributed by atoms with E-state index in [1.54, 1.807) is 48.5 Å². The lowest BCUT2D eigenvalue weighted by atomic mass is 10.1. The molecule has 2 N–H and O–H groups in total. The van der Waals surface area contributed by atoms with Crippen molar-refractivity contribution in [2.24, 2.45) is 5.73 Å². The summed E-state index contributed by atoms with van der Waals surface area (Å²) in [5.41, 5.74) is 6.85. The molecule has 0 radical (unpaired) electrons. The highest BCUT2D eigenvalue weighted by Gasteiger charge is 2.09. The Morgan fingerprint density at radius 3 is 2.58 bits per heavy atom. The van der Waals surface area contributed by atoms with Gasteiger partial charge in [-0.3, -0.25) is 0 Å². The summed E-state index contributed by atoms with van der Waals surface area (Å²) >= 11 is 5.98. The van der Waals surface area contributed by atoms with Crippen molar-refractivity contribution in [3.05, 3.63) is 65.3 Å². The molecule has 0 aliphatic heterocycles. The number of primary amides is 1. The lowest BCUT2D eigenvalue weighted by molar-refractivity contribution is 0.248. The standard InChI is InChI=1S/C17H11ClN4O2/c18-14-2-1-3-16(13(14)10-19)24-12-6-4-11(5-7-12)15-8-9-22(21-15)17(20)23/h1-9H,(H2,20,23). The van der Waals surface area contributed by atoms with Crippen LogP contribution >= 0.6 is 11.6 Å². The first kappa shape index (κ1) is 15.6. The lowest BCUT2D eigenvalue weighted by Gasteiger charge is -2.08. The van der Waals surface area contributed by atoms with E-state index in [1.807, 2.05) is 6.07 Å². The van der Waals surface area contributed by atoms with Gasteiger partial charge >= 0.3 is 6.03 Å². The zero-order valence-corrected chi connectivity index (χ0v) is 13.1. The lowest BCUT2D eigenvalue weighted by Crippen LogP contribution is -2.19. The maximum atomic E-state index is 11.1. The number of aromatic nitrogens is 2. The molecule has 24 heavy (non-hydrogen) atoms. The Bertz CT molecular complexity index is 942. The van der Waals surface area contributed by atoms with Gasteiger partial charge in [0.15, 0.2) is 0 Å². The van der Waals surface area contributed by atoms with E-state index in [2.05, 4.69) is 5.10 Å². The number of ether oxygens (including phenoxy) is 1. The first-order valence-electron chi connectivity index (χ1n) is 6.91. The Labute approximate surface area is 142 Å². The molecule has 7 heteroatoms. The Morgan fingerprint density at radius 1 is 1.21 bits per heavy atom. The molecule has 0 spiro atoms. The monoisotopic (exact) mass is 338 g/mol. The van der Waals surface area contributed by atoms with Gasteiger partial charge < -0.3 is 10.5 Å². The summed E-state index contributed by atoms with van der Waals surface area (Å²) < 4.78 is 6.77. The van der Waals surface area contributed by atoms with Crippen LogP contribution in [0.2, 0.25) is 5.02 Å². The van der Waals surface area contributed by atoms with Gasteiger partial charge in [0, 0.05) is 11.8 Å². The third-order valence-electron chi connectivity index (χ3n) is 3.28. The van der Waals surface area contributed by atoms with Gasteiger partial charge in [-0.05, 0) is 42.5 Å². The number of hydrogen-bond donors (Lipinski definition) is 1. The van der Waals surface area contributed by atoms with Gasteiger partial charge in [-0.15, -0.1) is 0 Å². The van der Waals surface area contributed by atoms with E-state index in [9.17, 15) is 4.79 Å². The van der Waals surface area contributed by atoms with Gasteiger partial charge in [0.1, 0.15) is 23.1 Å². The third kappa shape index (κ3) is 3.07. The predicted molar refractivity (Wildman–Crippen MR) is 88.9 cm³/mol. The third-order valence-corrected chi connectivity index (χ3v) is 3.59. The highest BCUT2D eigenvalue weighted by atomic mass is 35.5. The SMILES string of the molecule is N#Cc1c(Cl)cccc1Oc1ccc(-c2ccn(C(N)=O)n2)cc1. The van der Waals surface area contributed by atoms with Gasteiger partial charge in [-0.1, -0.05) is 17.7 Å². The second-order valence-corrected chi connectivity index (χ2v) is 5.24. The minimum atomic E-state index is -0.647. The molecule has 2 aromatic carbocycles. The number of benzene rings is 2. The summed E-state index contributed by atoms with van der Waals surface area (Å²) in [6, 6.07) is 15.1. The van der Waals surface area contributed by atoms with Gasteiger partial charge in [-0.25, -0.2) is 4.79 Å². The molecule has 3 rings (SSSR count). The summed E-state index contributed by atoms with van der Waals surface area (Å²) in [6.45, 7) is 0. The van der Waals surface area contributed by atoms with Crippen molar-refractivity contribution in [1.29, 1.82) is 5.26 Å². The highest BCUT2D eigenvalue weighted by molar-refractivity contribution is 6.31. The Balaban J connectivity index is 1.84. The van der Waals surface area contributed by atoms with Crippen molar-refractivity contribution < 1.29 is 9.53 Å². The second-order valence-electron chi connectivity index (χ2n) is 4.84. The van der Waals surface area contributed by atoms with Crippen LogP contribution < -0.4 is 10.5 Å². The summed E-state index contributed by atoms with van der Waals surface area (Å²) in [6.07, 6.45) is 1.49. The molecule has 0 saturated carbocycles. The zero-order valence-electron chi connectivity index (χ0n) is 12.3. The normalized spacial score (nSPS) is 10.2. The summed E-state index contributed by atoms with van der Waals surface area (Å²) in [7, 11) is 0. The summed E-state index contributed by atoms with van der Waals surface area (Å²) in [5, 5.41) is 13.6. The molecular weight excluding hydrogens is 328 g/mol. The number of halogens is 1. The number of nitriles is 1. The van der Waals surface area contributed by atoms with Crippen LogP contribution in [0.15, 0.2) is 54.7 Å². The van der Waals surface area contributed by atoms with Crippen LogP contribution in [0.4, 0.5) is 4.79 Å². The minimum Gasteiger partial charge on any atom is -0.456 e. The molecule has 0 bridgehead atoms. The molecule has 3 aromatic rings. The number of amides is 1. The van der Waals surface area contributed by atoms with Crippen LogP contribution in [0.25, 0.3) is 11.3 Å². The van der Waals surface area contributed by atoms with E-state index >= 15 is 0 Å². The summed E-state index contributed by atoms with van der Waals surface area (Å²) in [5.74, 6) is 0.933. The van der Waals surface area contributed by atoms with Crippen molar-refractivity contribution >= 4 is 17.6 Å². The predicted octanol–water partition coefficient (Wildman–Crippen LogP) is 3.79. The van der Waals surface area contributed by atoms with E-state index in [4.69, 9.17) is 27.3 Å². The molecule has 118 valence electrons. The first-order valence-corrected chi connectivity index (χ1v) is 7.28. The topological polar surface area (TPSA) is 93.9 Å². The van der Waals surface area contributed by atoms with E-state index in [0.29, 0.717) is 22.2 Å². The maximum absolute atomic E-state index is 11.1. The van der Waals surface area contributed by atoms with E-state index in [0.717, 1.165) is 10.2 Å². The quantitative estimate of drug-likeness (QED) is 0.786. The van der Waals surface area contributed by atoms with Crippen LogP contribution in [-0.4, -0.2) is 15.8 Å². The molecule has 0 saturated heterocycles. The average molecular weight is 339 g/mol. The fraction of sp³-hybridized carbons (Fsp3) is 0. The molecule has 1 amide bonds. The molecule has 0 fully saturated rings. The van der Waals surface area contributed by atoms with Crippen molar-refractivity contribution in [2.75, 3.05) is 0 Å². The fourth-order valence-electron chi connectivity index (χ4n) is 2.12. The van der Waals surface area contributed by atoms with Crippen molar-refractivity contribution in [3.8, 4) is 28.8 Å². The Morgan fingerprint density at radius 2 is 1.96 bits per heavy atom. The van der Waals surface area contributed by atoms with Gasteiger partial charge in [-0.2, -0.15) is 15.0 Å². The van der Waals surface area contributed by atoms with Crippen LogP contribution in [0.5, 0.6) is 11.5 Å². The summed E-state index contributed by atoms with van der Waals surface area (Å²) in [4.78, 5) is 11.1. The first-order chi connectivity index (χ1) is 11.6. The van der Waals surface area contributed by atoms with Gasteiger partial charge in [0.05, 0.1) is 10.7 Å². The van der Waals surface area contributed by atoms with Crippen molar-refractivity contribution in [2.45, 2.75) is 0 Å². The highest BCUT2D eigenvalue weighted by Crippen LogP contribution is 2.30. The Hall–Kier alpha value is -3.30. The number of rotatable bonds is 3.